The van der Waals surface area contributed by atoms with E-state index in [-0.39, 0.29) is 0 Å². The quantitative estimate of drug-likeness (QED) is 0.477. The van der Waals surface area contributed by atoms with E-state index in [0.29, 0.717) is 10.1 Å². The van der Waals surface area contributed by atoms with Crippen LogP contribution in [0.2, 0.25) is 0 Å². The lowest BCUT2D eigenvalue weighted by Gasteiger charge is -1.92. The molecule has 0 bridgehead atoms. The van der Waals surface area contributed by atoms with Gasteiger partial charge in [0.25, 0.3) is 0 Å². The number of rotatable bonds is 1. The third-order valence-electron chi connectivity index (χ3n) is 0.471. The maximum Gasteiger partial charge on any atom is 0.0805 e. The van der Waals surface area contributed by atoms with Crippen LogP contribution in [0.3, 0.4) is 0 Å². The Bertz CT molecular complexity index is 56.6. The maximum atomic E-state index is 4.63. The van der Waals surface area contributed by atoms with Gasteiger partial charge in [-0.2, -0.15) is 0 Å². The van der Waals surface area contributed by atoms with Crippen molar-refractivity contribution in [2.75, 3.05) is 0 Å². The van der Waals surface area contributed by atoms with Crippen molar-refractivity contribution in [3.8, 4) is 0 Å². The molecule has 0 aromatic carbocycles. The minimum absolute atomic E-state index is 0.398. The average Bonchev–Trinajstić information content (AvgIpc) is 1.36. The molecular formula is C4H7S2. The van der Waals surface area contributed by atoms with E-state index >= 15 is 0 Å². The summed E-state index contributed by atoms with van der Waals surface area (Å²) in [5, 5.41) is 0. The molecule has 0 aromatic heterocycles. The minimum Gasteiger partial charge on any atom is -0.0719 e. The van der Waals surface area contributed by atoms with Gasteiger partial charge in [0.05, 0.1) is 4.20 Å². The molecule has 0 amide bonds. The Labute approximate surface area is 49.3 Å². The van der Waals surface area contributed by atoms with Crippen LogP contribution < -0.4 is 0 Å². The van der Waals surface area contributed by atoms with Gasteiger partial charge in [-0.25, -0.2) is 0 Å². The first-order valence-corrected chi connectivity index (χ1v) is 2.67. The summed E-state index contributed by atoms with van der Waals surface area (Å²) in [7, 11) is 0. The predicted molar refractivity (Wildman–Crippen MR) is 35.0 cm³/mol. The molecule has 0 fully saturated rings. The van der Waals surface area contributed by atoms with Crippen LogP contribution >= 0.6 is 24.8 Å². The molecule has 2 heteroatoms. The van der Waals surface area contributed by atoms with Gasteiger partial charge in [0.2, 0.25) is 0 Å². The highest BCUT2D eigenvalue weighted by molar-refractivity contribution is 8.11. The molecule has 0 rings (SSSR count). The van der Waals surface area contributed by atoms with Gasteiger partial charge in [-0.15, -0.1) is 0 Å². The van der Waals surface area contributed by atoms with Crippen molar-refractivity contribution < 1.29 is 0 Å². The van der Waals surface area contributed by atoms with Gasteiger partial charge in [-0.05, 0) is 5.92 Å². The van der Waals surface area contributed by atoms with Gasteiger partial charge in [-0.1, -0.05) is 38.7 Å². The monoisotopic (exact) mass is 119 g/mol. The summed E-state index contributed by atoms with van der Waals surface area (Å²) in [6, 6.07) is 0. The molecule has 0 atom stereocenters. The van der Waals surface area contributed by atoms with Crippen LogP contribution in [0.25, 0.3) is 0 Å². The first-order chi connectivity index (χ1) is 2.64. The van der Waals surface area contributed by atoms with E-state index in [1.807, 2.05) is 13.8 Å². The molecule has 0 heterocycles. The highest BCUT2D eigenvalue weighted by Crippen LogP contribution is 1.98. The molecule has 0 nitrogen and oxygen atoms in total. The van der Waals surface area contributed by atoms with E-state index in [1.165, 1.54) is 0 Å². The van der Waals surface area contributed by atoms with E-state index in [1.54, 1.807) is 0 Å². The highest BCUT2D eigenvalue weighted by Gasteiger charge is 1.93. The number of hydrogen-bond acceptors (Lipinski definition) is 1. The third kappa shape index (κ3) is 2.54. The summed E-state index contributed by atoms with van der Waals surface area (Å²) in [6.45, 7) is 3.99. The molecule has 0 aliphatic heterocycles. The molecule has 0 N–H and O–H groups in total. The second-order valence-corrected chi connectivity index (χ2v) is 2.61. The fourth-order valence-electron chi connectivity index (χ4n) is 0. The minimum atomic E-state index is 0.398. The number of thiocarbonyl (C=S) groups is 1. The molecule has 0 saturated carbocycles. The van der Waals surface area contributed by atoms with Crippen LogP contribution in [-0.4, -0.2) is 4.20 Å². The van der Waals surface area contributed by atoms with Gasteiger partial charge >= 0.3 is 0 Å². The predicted octanol–water partition coefficient (Wildman–Crippen LogP) is 2.17. The molecule has 0 aliphatic rings. The normalized spacial score (nSPS) is 9.17. The van der Waals surface area contributed by atoms with Crippen molar-refractivity contribution in [3.05, 3.63) is 0 Å². The summed E-state index contributed by atoms with van der Waals surface area (Å²) in [4.78, 5) is 0. The van der Waals surface area contributed by atoms with Crippen LogP contribution in [0.15, 0.2) is 0 Å². The van der Waals surface area contributed by atoms with E-state index in [4.69, 9.17) is 0 Å². The summed E-state index contributed by atoms with van der Waals surface area (Å²) >= 11 is 9.27. The van der Waals surface area contributed by atoms with Crippen molar-refractivity contribution in [2.24, 2.45) is 5.92 Å². The van der Waals surface area contributed by atoms with Crippen LogP contribution in [-0.2, 0) is 0 Å². The molecule has 0 spiro atoms. The van der Waals surface area contributed by atoms with Gasteiger partial charge in [0, 0.05) is 0 Å². The van der Waals surface area contributed by atoms with Gasteiger partial charge < -0.3 is 0 Å². The van der Waals surface area contributed by atoms with Crippen molar-refractivity contribution in [1.82, 2.24) is 0 Å². The first kappa shape index (κ1) is 6.31. The molecule has 0 unspecified atom stereocenters. The molecular weight excluding hydrogens is 112 g/mol. The van der Waals surface area contributed by atoms with Crippen molar-refractivity contribution >= 4 is 29.0 Å². The fraction of sp³-hybridized carbons (Fsp3) is 0.750. The second kappa shape index (κ2) is 2.48. The SMILES string of the molecule is CC(C)C([S])=S. The molecule has 35 valence electrons. The van der Waals surface area contributed by atoms with Crippen LogP contribution in [0.5, 0.6) is 0 Å². The molecule has 0 aliphatic carbocycles. The van der Waals surface area contributed by atoms with Gasteiger partial charge in [0.15, 0.2) is 0 Å². The Hall–Kier alpha value is 0.310. The van der Waals surface area contributed by atoms with Gasteiger partial charge in [-0.3, -0.25) is 0 Å². The molecule has 0 aromatic rings. The Balaban J connectivity index is 3.26. The molecule has 1 radical (unpaired) electrons. The zero-order chi connectivity index (χ0) is 5.15. The largest absolute Gasteiger partial charge is 0.0805 e. The molecule has 6 heavy (non-hydrogen) atoms. The van der Waals surface area contributed by atoms with E-state index < -0.39 is 0 Å². The zero-order valence-corrected chi connectivity index (χ0v) is 5.53. The van der Waals surface area contributed by atoms with Crippen molar-refractivity contribution in [1.29, 1.82) is 0 Å². The maximum absolute atomic E-state index is 4.63. The summed E-state index contributed by atoms with van der Waals surface area (Å²) in [5.41, 5.74) is 0. The summed E-state index contributed by atoms with van der Waals surface area (Å²) in [6.07, 6.45) is 0. The van der Waals surface area contributed by atoms with Crippen molar-refractivity contribution in [3.63, 3.8) is 0 Å². The van der Waals surface area contributed by atoms with Crippen LogP contribution in [0.1, 0.15) is 13.8 Å². The van der Waals surface area contributed by atoms with Crippen LogP contribution in [0.4, 0.5) is 0 Å². The Morgan fingerprint density at radius 3 is 1.67 bits per heavy atom. The molecule has 0 saturated heterocycles. The lowest BCUT2D eigenvalue weighted by atomic mass is 10.3. The summed E-state index contributed by atoms with van der Waals surface area (Å²) < 4.78 is 0.676. The Morgan fingerprint density at radius 2 is 1.67 bits per heavy atom. The van der Waals surface area contributed by atoms with E-state index in [9.17, 15) is 0 Å². The van der Waals surface area contributed by atoms with E-state index in [0.717, 1.165) is 0 Å². The Kier molecular flexibility index (Phi) is 2.61. The van der Waals surface area contributed by atoms with Gasteiger partial charge in [0.1, 0.15) is 0 Å². The number of hydrogen-bond donors (Lipinski definition) is 0. The smallest absolute Gasteiger partial charge is 0.0719 e. The topological polar surface area (TPSA) is 0 Å². The van der Waals surface area contributed by atoms with Crippen LogP contribution in [0, 0.1) is 5.92 Å². The highest BCUT2D eigenvalue weighted by atomic mass is 32.1. The Morgan fingerprint density at radius 1 is 1.50 bits per heavy atom. The van der Waals surface area contributed by atoms with Crippen molar-refractivity contribution in [2.45, 2.75) is 13.8 Å². The fourth-order valence-corrected chi connectivity index (χ4v) is 0. The average molecular weight is 119 g/mol. The lowest BCUT2D eigenvalue weighted by Crippen LogP contribution is -1.92. The summed E-state index contributed by atoms with van der Waals surface area (Å²) in [5.74, 6) is 0.398. The lowest BCUT2D eigenvalue weighted by molar-refractivity contribution is 0.916. The second-order valence-electron chi connectivity index (χ2n) is 1.47. The standard InChI is InChI=1S/C4H7S2/c1-3(2)4(5)6/h3H,1-2H3. The zero-order valence-electron chi connectivity index (χ0n) is 3.89. The first-order valence-electron chi connectivity index (χ1n) is 1.85. The van der Waals surface area contributed by atoms with E-state index in [2.05, 4.69) is 24.8 Å². The third-order valence-corrected chi connectivity index (χ3v) is 1.41.